The normalized spacial score (nSPS) is 16.0. The van der Waals surface area contributed by atoms with Crippen molar-refractivity contribution in [3.05, 3.63) is 0 Å². The van der Waals surface area contributed by atoms with E-state index in [1.807, 2.05) is 0 Å². The van der Waals surface area contributed by atoms with E-state index in [0.29, 0.717) is 0 Å². The standard InChI is InChI=1S/C4H8O.O3S/c1-2-4-5-3-1;1-4(2)3/h1-4H2;. The van der Waals surface area contributed by atoms with E-state index in [4.69, 9.17) is 17.4 Å². The molecule has 0 radical (unpaired) electrons. The molecule has 0 bridgehead atoms. The molecule has 1 aliphatic heterocycles. The van der Waals surface area contributed by atoms with Gasteiger partial charge in [0.05, 0.1) is 0 Å². The van der Waals surface area contributed by atoms with Gasteiger partial charge in [-0.3, -0.25) is 0 Å². The van der Waals surface area contributed by atoms with Crippen LogP contribution in [0.2, 0.25) is 0 Å². The highest BCUT2D eigenvalue weighted by Gasteiger charge is 1.94. The van der Waals surface area contributed by atoms with Crippen LogP contribution in [0.15, 0.2) is 0 Å². The van der Waals surface area contributed by atoms with Gasteiger partial charge in [-0.15, -0.1) is 12.6 Å². The van der Waals surface area contributed by atoms with Gasteiger partial charge in [0.25, 0.3) is 0 Å². The average Bonchev–Trinajstić information content (AvgIpc) is 2.11. The van der Waals surface area contributed by atoms with Crippen LogP contribution < -0.4 is 0 Å². The lowest BCUT2D eigenvalue weighted by Gasteiger charge is -1.76. The van der Waals surface area contributed by atoms with Crippen molar-refractivity contribution < 1.29 is 17.4 Å². The maximum Gasteiger partial charge on any atom is 0.425 e. The lowest BCUT2D eigenvalue weighted by molar-refractivity contribution is 0.198. The summed E-state index contributed by atoms with van der Waals surface area (Å²) in [6, 6.07) is 0. The molecule has 0 amide bonds. The molecule has 0 aromatic rings. The lowest BCUT2D eigenvalue weighted by atomic mass is 10.4. The van der Waals surface area contributed by atoms with Gasteiger partial charge >= 0.3 is 10.6 Å². The minimum atomic E-state index is -3.11. The van der Waals surface area contributed by atoms with Crippen LogP contribution >= 0.6 is 0 Å². The largest absolute Gasteiger partial charge is 0.425 e. The molecule has 5 heteroatoms. The van der Waals surface area contributed by atoms with Gasteiger partial charge < -0.3 is 4.74 Å². The molecule has 0 unspecified atom stereocenters. The van der Waals surface area contributed by atoms with Crippen LogP contribution in [0.3, 0.4) is 0 Å². The SMILES string of the molecule is C1CCOC1.O=S(=O)=O. The van der Waals surface area contributed by atoms with E-state index >= 15 is 0 Å². The Morgan fingerprint density at radius 2 is 1.33 bits per heavy atom. The van der Waals surface area contributed by atoms with Crippen LogP contribution in [-0.4, -0.2) is 25.8 Å². The molecular weight excluding hydrogens is 144 g/mol. The molecule has 1 aliphatic rings. The first-order valence-corrected chi connectivity index (χ1v) is 3.58. The van der Waals surface area contributed by atoms with E-state index in [1.54, 1.807) is 0 Å². The highest BCUT2D eigenvalue weighted by atomic mass is 32.2. The van der Waals surface area contributed by atoms with Gasteiger partial charge in [-0.1, -0.05) is 0 Å². The summed E-state index contributed by atoms with van der Waals surface area (Å²) in [5, 5.41) is 0. The molecule has 0 atom stereocenters. The molecule has 0 spiro atoms. The molecule has 0 saturated carbocycles. The van der Waals surface area contributed by atoms with Gasteiger partial charge in [-0.05, 0) is 12.8 Å². The van der Waals surface area contributed by atoms with Crippen molar-refractivity contribution in [3.8, 4) is 0 Å². The molecule has 54 valence electrons. The van der Waals surface area contributed by atoms with Gasteiger partial charge in [-0.25, -0.2) is 0 Å². The summed E-state index contributed by atoms with van der Waals surface area (Å²) in [5.74, 6) is 0. The molecule has 0 N–H and O–H groups in total. The van der Waals surface area contributed by atoms with E-state index in [-0.39, 0.29) is 0 Å². The summed E-state index contributed by atoms with van der Waals surface area (Å²) in [4.78, 5) is 0. The van der Waals surface area contributed by atoms with Crippen LogP contribution in [0, 0.1) is 0 Å². The molecule has 0 aromatic carbocycles. The van der Waals surface area contributed by atoms with Crippen molar-refractivity contribution in [2.45, 2.75) is 12.8 Å². The molecule has 9 heavy (non-hydrogen) atoms. The second kappa shape index (κ2) is 5.71. The van der Waals surface area contributed by atoms with E-state index in [2.05, 4.69) is 0 Å². The predicted octanol–water partition coefficient (Wildman–Crippen LogP) is -0.207. The first kappa shape index (κ1) is 8.58. The topological polar surface area (TPSA) is 60.4 Å². The van der Waals surface area contributed by atoms with Crippen molar-refractivity contribution in [3.63, 3.8) is 0 Å². The molecule has 0 aromatic heterocycles. The van der Waals surface area contributed by atoms with Crippen molar-refractivity contribution in [1.82, 2.24) is 0 Å². The van der Waals surface area contributed by atoms with Crippen LogP contribution in [0.4, 0.5) is 0 Å². The molecule has 0 aliphatic carbocycles. The Morgan fingerprint density at radius 1 is 1.00 bits per heavy atom. The fraction of sp³-hybridized carbons (Fsp3) is 1.00. The van der Waals surface area contributed by atoms with E-state index in [1.165, 1.54) is 12.8 Å². The second-order valence-electron chi connectivity index (χ2n) is 1.52. The fourth-order valence-corrected chi connectivity index (χ4v) is 0.510. The molecule has 1 saturated heterocycles. The summed E-state index contributed by atoms with van der Waals surface area (Å²) in [5.41, 5.74) is 0. The Kier molecular flexibility index (Phi) is 5.45. The first-order valence-electron chi connectivity index (χ1n) is 2.58. The number of hydrogen-bond donors (Lipinski definition) is 0. The van der Waals surface area contributed by atoms with E-state index in [0.717, 1.165) is 13.2 Å². The van der Waals surface area contributed by atoms with E-state index in [9.17, 15) is 0 Å². The molecular formula is C4H8O4S. The zero-order chi connectivity index (χ0) is 7.11. The minimum absolute atomic E-state index is 1.00. The third kappa shape index (κ3) is 11.3. The maximum atomic E-state index is 8.44. The average molecular weight is 152 g/mol. The molecule has 1 rings (SSSR count). The summed E-state index contributed by atoms with van der Waals surface area (Å²) in [6.07, 6.45) is 2.56. The van der Waals surface area contributed by atoms with Crippen molar-refractivity contribution >= 4 is 10.6 Å². The fourth-order valence-electron chi connectivity index (χ4n) is 0.510. The predicted molar refractivity (Wildman–Crippen MR) is 29.8 cm³/mol. The third-order valence-corrected chi connectivity index (χ3v) is 0.827. The highest BCUT2D eigenvalue weighted by Crippen LogP contribution is 1.98. The van der Waals surface area contributed by atoms with Gasteiger partial charge in [0, 0.05) is 13.2 Å². The van der Waals surface area contributed by atoms with Gasteiger partial charge in [0.1, 0.15) is 0 Å². The van der Waals surface area contributed by atoms with Crippen LogP contribution in [0.5, 0.6) is 0 Å². The highest BCUT2D eigenvalue weighted by molar-refractivity contribution is 7.59. The van der Waals surface area contributed by atoms with Crippen molar-refractivity contribution in [1.29, 1.82) is 0 Å². The molecule has 1 heterocycles. The third-order valence-electron chi connectivity index (χ3n) is 0.827. The minimum Gasteiger partial charge on any atom is -0.381 e. The van der Waals surface area contributed by atoms with Gasteiger partial charge in [0.2, 0.25) is 0 Å². The number of rotatable bonds is 0. The Hall–Kier alpha value is -0.420. The van der Waals surface area contributed by atoms with E-state index < -0.39 is 10.6 Å². The number of ether oxygens (including phenoxy) is 1. The lowest BCUT2D eigenvalue weighted by Crippen LogP contribution is -1.74. The summed E-state index contributed by atoms with van der Waals surface area (Å²) >= 11 is 0. The Bertz CT molecular complexity index is 126. The second-order valence-corrected chi connectivity index (χ2v) is 1.93. The van der Waals surface area contributed by atoms with Gasteiger partial charge in [-0.2, -0.15) is 0 Å². The Balaban J connectivity index is 0.000000148. The van der Waals surface area contributed by atoms with Crippen LogP contribution in [0.1, 0.15) is 12.8 Å². The van der Waals surface area contributed by atoms with Crippen LogP contribution in [-0.2, 0) is 15.3 Å². The number of hydrogen-bond acceptors (Lipinski definition) is 4. The zero-order valence-electron chi connectivity index (χ0n) is 4.87. The smallest absolute Gasteiger partial charge is 0.381 e. The van der Waals surface area contributed by atoms with Crippen molar-refractivity contribution in [2.75, 3.05) is 13.2 Å². The summed E-state index contributed by atoms with van der Waals surface area (Å²) < 4.78 is 30.3. The summed E-state index contributed by atoms with van der Waals surface area (Å²) in [7, 11) is -3.11. The molecule has 1 fully saturated rings. The first-order chi connectivity index (χ1) is 4.23. The zero-order valence-corrected chi connectivity index (χ0v) is 5.69. The summed E-state index contributed by atoms with van der Waals surface area (Å²) in [6.45, 7) is 2.00. The Morgan fingerprint density at radius 3 is 1.44 bits per heavy atom. The van der Waals surface area contributed by atoms with Gasteiger partial charge in [0.15, 0.2) is 0 Å². The Labute approximate surface area is 54.9 Å². The van der Waals surface area contributed by atoms with Crippen LogP contribution in [0.25, 0.3) is 0 Å². The quantitative estimate of drug-likeness (QED) is 0.482. The monoisotopic (exact) mass is 152 g/mol. The molecule has 4 nitrogen and oxygen atoms in total. The van der Waals surface area contributed by atoms with Crippen molar-refractivity contribution in [2.24, 2.45) is 0 Å². The maximum absolute atomic E-state index is 8.44.